The average Bonchev–Trinajstić information content (AvgIpc) is 2.84. The van der Waals surface area contributed by atoms with Crippen molar-refractivity contribution < 1.29 is 17.9 Å². The molecule has 0 atom stereocenters. The topological polar surface area (TPSA) is 75.7 Å². The number of aryl methyl sites for hydroxylation is 1. The van der Waals surface area contributed by atoms with Crippen LogP contribution in [0.15, 0.2) is 102 Å². The van der Waals surface area contributed by atoms with E-state index >= 15 is 0 Å². The average molecular weight is 471 g/mol. The lowest BCUT2D eigenvalue weighted by Gasteiger charge is -2.31. The molecular formula is C27H22N2O4S. The number of ether oxygens (including phenoxy) is 1. The number of amides is 1. The Hall–Kier alpha value is -4.10. The molecule has 4 aromatic rings. The Morgan fingerprint density at radius 2 is 1.50 bits per heavy atom. The van der Waals surface area contributed by atoms with Gasteiger partial charge in [-0.1, -0.05) is 48.0 Å². The van der Waals surface area contributed by atoms with Gasteiger partial charge >= 0.3 is 0 Å². The highest BCUT2D eigenvalue weighted by Gasteiger charge is 2.35. The fraction of sp³-hybridized carbons (Fsp3) is 0.0741. The van der Waals surface area contributed by atoms with Gasteiger partial charge in [0.05, 0.1) is 10.6 Å². The molecule has 6 nitrogen and oxygen atoms in total. The molecule has 170 valence electrons. The molecule has 1 heterocycles. The Bertz CT molecular complexity index is 1470. The maximum atomic E-state index is 13.4. The molecule has 0 saturated carbocycles. The normalized spacial score (nSPS) is 13.5. The summed E-state index contributed by atoms with van der Waals surface area (Å²) in [5.41, 5.74) is 3.48. The third kappa shape index (κ3) is 4.13. The third-order valence-corrected chi connectivity index (χ3v) is 7.39. The van der Waals surface area contributed by atoms with Gasteiger partial charge in [-0.3, -0.25) is 9.10 Å². The predicted molar refractivity (Wildman–Crippen MR) is 133 cm³/mol. The zero-order valence-electron chi connectivity index (χ0n) is 18.4. The van der Waals surface area contributed by atoms with E-state index in [0.29, 0.717) is 28.4 Å². The van der Waals surface area contributed by atoms with E-state index in [1.54, 1.807) is 48.5 Å². The number of rotatable bonds is 5. The number of nitrogens with zero attached hydrogens (tertiary/aromatic N) is 1. The second kappa shape index (κ2) is 8.68. The lowest BCUT2D eigenvalue weighted by Crippen LogP contribution is -2.40. The second-order valence-corrected chi connectivity index (χ2v) is 9.85. The van der Waals surface area contributed by atoms with Crippen molar-refractivity contribution >= 4 is 27.3 Å². The Kier molecular flexibility index (Phi) is 5.55. The van der Waals surface area contributed by atoms with Crippen LogP contribution in [-0.4, -0.2) is 20.9 Å². The molecule has 7 heteroatoms. The maximum absolute atomic E-state index is 13.4. The van der Waals surface area contributed by atoms with Crippen LogP contribution >= 0.6 is 0 Å². The highest BCUT2D eigenvalue weighted by atomic mass is 32.2. The molecule has 0 bridgehead atoms. The minimum atomic E-state index is -3.89. The molecule has 4 aromatic carbocycles. The van der Waals surface area contributed by atoms with Crippen molar-refractivity contribution in [3.05, 3.63) is 103 Å². The Balaban J connectivity index is 1.36. The maximum Gasteiger partial charge on any atom is 0.265 e. The summed E-state index contributed by atoms with van der Waals surface area (Å²) >= 11 is 0. The number of nitrogens with one attached hydrogen (secondary N) is 1. The summed E-state index contributed by atoms with van der Waals surface area (Å²) < 4.78 is 33.7. The number of fused-ring (bicyclic) bond motifs is 3. The Morgan fingerprint density at radius 1 is 0.824 bits per heavy atom. The van der Waals surface area contributed by atoms with Gasteiger partial charge in [0.2, 0.25) is 5.91 Å². The third-order valence-electron chi connectivity index (χ3n) is 5.57. The van der Waals surface area contributed by atoms with Crippen molar-refractivity contribution in [1.29, 1.82) is 0 Å². The number of hydrogen-bond donors (Lipinski definition) is 1. The van der Waals surface area contributed by atoms with Crippen LogP contribution in [0.3, 0.4) is 0 Å². The van der Waals surface area contributed by atoms with Crippen molar-refractivity contribution in [2.24, 2.45) is 0 Å². The number of hydrogen-bond acceptors (Lipinski definition) is 4. The number of anilines is 2. The molecule has 0 unspecified atom stereocenters. The van der Waals surface area contributed by atoms with Crippen LogP contribution in [0.2, 0.25) is 0 Å². The predicted octanol–water partition coefficient (Wildman–Crippen LogP) is 5.60. The lowest BCUT2D eigenvalue weighted by atomic mass is 10.0. The van der Waals surface area contributed by atoms with Crippen molar-refractivity contribution in [3.63, 3.8) is 0 Å². The zero-order chi connectivity index (χ0) is 23.7. The first-order valence-electron chi connectivity index (χ1n) is 10.8. The van der Waals surface area contributed by atoms with Crippen LogP contribution in [0.4, 0.5) is 11.4 Å². The number of benzene rings is 4. The summed E-state index contributed by atoms with van der Waals surface area (Å²) in [6.07, 6.45) is 0. The van der Waals surface area contributed by atoms with E-state index in [1.807, 2.05) is 55.5 Å². The highest BCUT2D eigenvalue weighted by molar-refractivity contribution is 7.93. The summed E-state index contributed by atoms with van der Waals surface area (Å²) in [5, 5.41) is 2.78. The fourth-order valence-corrected chi connectivity index (χ4v) is 5.63. The van der Waals surface area contributed by atoms with Gasteiger partial charge in [0.15, 0.2) is 0 Å². The molecule has 1 N–H and O–H groups in total. The molecule has 1 aliphatic heterocycles. The van der Waals surface area contributed by atoms with E-state index in [2.05, 4.69) is 5.32 Å². The second-order valence-electron chi connectivity index (χ2n) is 8.02. The van der Waals surface area contributed by atoms with Gasteiger partial charge in [-0.15, -0.1) is 0 Å². The molecule has 0 aromatic heterocycles. The van der Waals surface area contributed by atoms with E-state index < -0.39 is 15.9 Å². The molecule has 0 aliphatic carbocycles. The van der Waals surface area contributed by atoms with Crippen molar-refractivity contribution in [3.8, 4) is 22.6 Å². The summed E-state index contributed by atoms with van der Waals surface area (Å²) in [4.78, 5) is 13.1. The van der Waals surface area contributed by atoms with Crippen LogP contribution in [0, 0.1) is 6.92 Å². The van der Waals surface area contributed by atoms with Crippen LogP contribution in [0.1, 0.15) is 5.56 Å². The van der Waals surface area contributed by atoms with E-state index in [-0.39, 0.29) is 11.4 Å². The Labute approximate surface area is 198 Å². The van der Waals surface area contributed by atoms with Gasteiger partial charge < -0.3 is 10.1 Å². The monoisotopic (exact) mass is 470 g/mol. The minimum Gasteiger partial charge on any atom is -0.457 e. The van der Waals surface area contributed by atoms with Gasteiger partial charge in [-0.2, -0.15) is 0 Å². The summed E-state index contributed by atoms with van der Waals surface area (Å²) in [5.74, 6) is 0.902. The smallest absolute Gasteiger partial charge is 0.265 e. The van der Waals surface area contributed by atoms with Gasteiger partial charge in [-0.25, -0.2) is 8.42 Å². The number of sulfonamides is 1. The largest absolute Gasteiger partial charge is 0.457 e. The molecule has 0 spiro atoms. The molecule has 5 rings (SSSR count). The Morgan fingerprint density at radius 3 is 2.26 bits per heavy atom. The molecule has 0 saturated heterocycles. The number of para-hydroxylation sites is 1. The first-order chi connectivity index (χ1) is 16.4. The quantitative estimate of drug-likeness (QED) is 0.412. The molecule has 1 aliphatic rings. The summed E-state index contributed by atoms with van der Waals surface area (Å²) in [6.45, 7) is 1.61. The molecule has 1 amide bonds. The van der Waals surface area contributed by atoms with Gasteiger partial charge in [-0.05, 0) is 61.5 Å². The van der Waals surface area contributed by atoms with Gasteiger partial charge in [0, 0.05) is 16.8 Å². The first-order valence-corrected chi connectivity index (χ1v) is 12.2. The fourth-order valence-electron chi connectivity index (χ4n) is 3.98. The standard InChI is InChI=1S/C27H22N2O4S/c1-19-11-16-25-24(17-19)23-9-5-6-10-26(23)34(31,32)29(25)18-27(30)28-20-12-14-22(15-13-20)33-21-7-3-2-4-8-21/h2-17H,18H2,1H3,(H,28,30). The molecule has 34 heavy (non-hydrogen) atoms. The SMILES string of the molecule is Cc1ccc2c(c1)-c1ccccc1S(=O)(=O)N2CC(=O)Nc1ccc(Oc2ccccc2)cc1. The van der Waals surface area contributed by atoms with Crippen LogP contribution in [0.5, 0.6) is 11.5 Å². The number of carbonyl (C=O) groups is 1. The van der Waals surface area contributed by atoms with E-state index in [9.17, 15) is 13.2 Å². The zero-order valence-corrected chi connectivity index (χ0v) is 19.2. The van der Waals surface area contributed by atoms with E-state index in [0.717, 1.165) is 11.1 Å². The molecule has 0 radical (unpaired) electrons. The molecule has 0 fully saturated rings. The van der Waals surface area contributed by atoms with Gasteiger partial charge in [0.1, 0.15) is 18.0 Å². The highest BCUT2D eigenvalue weighted by Crippen LogP contribution is 2.43. The van der Waals surface area contributed by atoms with Crippen molar-refractivity contribution in [1.82, 2.24) is 0 Å². The summed E-state index contributed by atoms with van der Waals surface area (Å²) in [7, 11) is -3.89. The number of carbonyl (C=O) groups excluding carboxylic acids is 1. The van der Waals surface area contributed by atoms with Crippen LogP contribution in [0.25, 0.3) is 11.1 Å². The van der Waals surface area contributed by atoms with Crippen LogP contribution < -0.4 is 14.4 Å². The van der Waals surface area contributed by atoms with Gasteiger partial charge in [0.25, 0.3) is 10.0 Å². The first kappa shape index (κ1) is 21.7. The van der Waals surface area contributed by atoms with E-state index in [4.69, 9.17) is 4.74 Å². The summed E-state index contributed by atoms with van der Waals surface area (Å²) in [6, 6.07) is 28.7. The van der Waals surface area contributed by atoms with E-state index in [1.165, 1.54) is 4.31 Å². The minimum absolute atomic E-state index is 0.198. The lowest BCUT2D eigenvalue weighted by molar-refractivity contribution is -0.114. The molecular weight excluding hydrogens is 448 g/mol. The van der Waals surface area contributed by atoms with Crippen LogP contribution in [-0.2, 0) is 14.8 Å². The van der Waals surface area contributed by atoms with Crippen molar-refractivity contribution in [2.75, 3.05) is 16.2 Å². The van der Waals surface area contributed by atoms with Crippen molar-refractivity contribution in [2.45, 2.75) is 11.8 Å².